The molecule has 0 bridgehead atoms. The van der Waals surface area contributed by atoms with E-state index < -0.39 is 0 Å². The first-order valence-corrected chi connectivity index (χ1v) is 5.70. The molecular formula is C11H24N2O2. The molecule has 0 radical (unpaired) electrons. The van der Waals surface area contributed by atoms with Crippen molar-refractivity contribution in [1.82, 2.24) is 5.32 Å². The number of carbonyl (C=O) groups excluding carboxylic acids is 1. The van der Waals surface area contributed by atoms with E-state index in [9.17, 15) is 4.79 Å². The Morgan fingerprint density at radius 3 is 2.40 bits per heavy atom. The van der Waals surface area contributed by atoms with Crippen LogP contribution in [0.15, 0.2) is 0 Å². The van der Waals surface area contributed by atoms with E-state index in [1.165, 1.54) is 0 Å². The van der Waals surface area contributed by atoms with Gasteiger partial charge in [-0.2, -0.15) is 0 Å². The van der Waals surface area contributed by atoms with Crippen molar-refractivity contribution in [1.29, 1.82) is 0 Å². The van der Waals surface area contributed by atoms with Crippen LogP contribution in [0.2, 0.25) is 0 Å². The first-order valence-electron chi connectivity index (χ1n) is 5.70. The molecule has 4 nitrogen and oxygen atoms in total. The van der Waals surface area contributed by atoms with E-state index in [1.54, 1.807) is 7.11 Å². The van der Waals surface area contributed by atoms with Gasteiger partial charge < -0.3 is 15.8 Å². The quantitative estimate of drug-likeness (QED) is 0.637. The van der Waals surface area contributed by atoms with E-state index in [0.29, 0.717) is 6.61 Å². The summed E-state index contributed by atoms with van der Waals surface area (Å²) in [5.41, 5.74) is 5.72. The van der Waals surface area contributed by atoms with Crippen molar-refractivity contribution >= 4 is 5.91 Å². The summed E-state index contributed by atoms with van der Waals surface area (Å²) < 4.78 is 5.04. The van der Waals surface area contributed by atoms with Gasteiger partial charge in [0.25, 0.3) is 0 Å². The molecule has 1 unspecified atom stereocenters. The molecule has 2 atom stereocenters. The third-order valence-corrected chi connectivity index (χ3v) is 2.29. The number of hydrogen-bond donors (Lipinski definition) is 2. The highest BCUT2D eigenvalue weighted by molar-refractivity contribution is 5.81. The molecule has 0 aliphatic heterocycles. The van der Waals surface area contributed by atoms with Crippen LogP contribution in [0.1, 0.15) is 39.5 Å². The Morgan fingerprint density at radius 1 is 1.33 bits per heavy atom. The van der Waals surface area contributed by atoms with Crippen LogP contribution in [0.3, 0.4) is 0 Å². The number of ether oxygens (including phenoxy) is 1. The topological polar surface area (TPSA) is 64.3 Å². The maximum Gasteiger partial charge on any atom is 0.237 e. The van der Waals surface area contributed by atoms with E-state index in [1.807, 2.05) is 6.92 Å². The highest BCUT2D eigenvalue weighted by Gasteiger charge is 2.16. The monoisotopic (exact) mass is 216 g/mol. The number of methoxy groups -OCH3 is 1. The van der Waals surface area contributed by atoms with Crippen LogP contribution >= 0.6 is 0 Å². The van der Waals surface area contributed by atoms with Crippen molar-refractivity contribution in [3.63, 3.8) is 0 Å². The van der Waals surface area contributed by atoms with Crippen molar-refractivity contribution < 1.29 is 9.53 Å². The molecule has 0 fully saturated rings. The Morgan fingerprint density at radius 2 is 1.93 bits per heavy atom. The van der Waals surface area contributed by atoms with E-state index in [4.69, 9.17) is 10.5 Å². The van der Waals surface area contributed by atoms with E-state index >= 15 is 0 Å². The number of rotatable bonds is 8. The fraction of sp³-hybridized carbons (Fsp3) is 0.909. The molecule has 1 amide bonds. The van der Waals surface area contributed by atoms with Gasteiger partial charge in [-0.1, -0.05) is 26.7 Å². The molecule has 90 valence electrons. The molecular weight excluding hydrogens is 192 g/mol. The van der Waals surface area contributed by atoms with Crippen molar-refractivity contribution in [3.05, 3.63) is 0 Å². The Kier molecular flexibility index (Phi) is 8.33. The summed E-state index contributed by atoms with van der Waals surface area (Å²) >= 11 is 0. The van der Waals surface area contributed by atoms with Gasteiger partial charge in [0.1, 0.15) is 0 Å². The number of amides is 1. The van der Waals surface area contributed by atoms with Crippen molar-refractivity contribution in [2.45, 2.75) is 51.6 Å². The molecule has 0 heterocycles. The summed E-state index contributed by atoms with van der Waals surface area (Å²) in [5, 5.41) is 2.91. The van der Waals surface area contributed by atoms with Crippen LogP contribution in [0, 0.1) is 0 Å². The SMILES string of the molecule is CCCC(COC)NC(=O)[C@H](N)CCC. The fourth-order valence-electron chi connectivity index (χ4n) is 1.50. The molecule has 0 rings (SSSR count). The average Bonchev–Trinajstić information content (AvgIpc) is 2.18. The highest BCUT2D eigenvalue weighted by Crippen LogP contribution is 1.99. The fourth-order valence-corrected chi connectivity index (χ4v) is 1.50. The van der Waals surface area contributed by atoms with Crippen LogP contribution in [-0.2, 0) is 9.53 Å². The number of nitrogens with one attached hydrogen (secondary N) is 1. The second kappa shape index (κ2) is 8.68. The molecule has 0 spiro atoms. The Bertz CT molecular complexity index is 168. The standard InChI is InChI=1S/C11H24N2O2/c1-4-6-9(8-15-3)13-11(14)10(12)7-5-2/h9-10H,4-8,12H2,1-3H3,(H,13,14)/t9?,10-/m1/s1. The minimum absolute atomic E-state index is 0.0626. The van der Waals surface area contributed by atoms with Gasteiger partial charge in [-0.05, 0) is 12.8 Å². The maximum absolute atomic E-state index is 11.6. The Labute approximate surface area is 92.6 Å². The third-order valence-electron chi connectivity index (χ3n) is 2.29. The summed E-state index contributed by atoms with van der Waals surface area (Å²) in [7, 11) is 1.64. The summed E-state index contributed by atoms with van der Waals surface area (Å²) in [5.74, 6) is -0.0626. The predicted molar refractivity (Wildman–Crippen MR) is 61.6 cm³/mol. The number of nitrogens with two attached hydrogens (primary N) is 1. The minimum Gasteiger partial charge on any atom is -0.383 e. The van der Waals surface area contributed by atoms with Gasteiger partial charge in [0, 0.05) is 7.11 Å². The molecule has 0 aromatic heterocycles. The van der Waals surface area contributed by atoms with Crippen LogP contribution in [0.25, 0.3) is 0 Å². The lowest BCUT2D eigenvalue weighted by Gasteiger charge is -2.19. The van der Waals surface area contributed by atoms with Crippen molar-refractivity contribution in [2.75, 3.05) is 13.7 Å². The zero-order valence-corrected chi connectivity index (χ0v) is 10.1. The minimum atomic E-state index is -0.383. The summed E-state index contributed by atoms with van der Waals surface area (Å²) in [6.45, 7) is 4.66. The third kappa shape index (κ3) is 6.47. The van der Waals surface area contributed by atoms with Gasteiger partial charge >= 0.3 is 0 Å². The van der Waals surface area contributed by atoms with Gasteiger partial charge in [0.2, 0.25) is 5.91 Å². The smallest absolute Gasteiger partial charge is 0.237 e. The lowest BCUT2D eigenvalue weighted by molar-refractivity contribution is -0.123. The molecule has 0 aromatic rings. The van der Waals surface area contributed by atoms with Crippen LogP contribution in [0.4, 0.5) is 0 Å². The van der Waals surface area contributed by atoms with Gasteiger partial charge in [-0.3, -0.25) is 4.79 Å². The Balaban J connectivity index is 3.97. The number of hydrogen-bond acceptors (Lipinski definition) is 3. The second-order valence-electron chi connectivity index (χ2n) is 3.84. The first kappa shape index (κ1) is 14.4. The second-order valence-corrected chi connectivity index (χ2v) is 3.84. The van der Waals surface area contributed by atoms with Crippen LogP contribution in [0.5, 0.6) is 0 Å². The zero-order chi connectivity index (χ0) is 11.7. The molecule has 0 saturated heterocycles. The van der Waals surface area contributed by atoms with E-state index in [-0.39, 0.29) is 18.0 Å². The molecule has 4 heteroatoms. The molecule has 0 aliphatic rings. The van der Waals surface area contributed by atoms with Gasteiger partial charge in [-0.25, -0.2) is 0 Å². The van der Waals surface area contributed by atoms with Crippen LogP contribution < -0.4 is 11.1 Å². The summed E-state index contributed by atoms with van der Waals surface area (Å²) in [4.78, 5) is 11.6. The first-order chi connectivity index (χ1) is 7.15. The molecule has 3 N–H and O–H groups in total. The zero-order valence-electron chi connectivity index (χ0n) is 10.1. The van der Waals surface area contributed by atoms with Crippen LogP contribution in [-0.4, -0.2) is 31.7 Å². The summed E-state index contributed by atoms with van der Waals surface area (Å²) in [6, 6.07) is -0.290. The van der Waals surface area contributed by atoms with E-state index in [2.05, 4.69) is 12.2 Å². The van der Waals surface area contributed by atoms with Crippen molar-refractivity contribution in [3.8, 4) is 0 Å². The van der Waals surface area contributed by atoms with E-state index in [0.717, 1.165) is 25.7 Å². The average molecular weight is 216 g/mol. The van der Waals surface area contributed by atoms with Gasteiger partial charge in [-0.15, -0.1) is 0 Å². The predicted octanol–water partition coefficient (Wildman–Crippen LogP) is 1.05. The number of carbonyl (C=O) groups is 1. The largest absolute Gasteiger partial charge is 0.383 e. The summed E-state index contributed by atoms with van der Waals surface area (Å²) in [6.07, 6.45) is 3.62. The Hall–Kier alpha value is -0.610. The molecule has 0 aromatic carbocycles. The lowest BCUT2D eigenvalue weighted by Crippen LogP contribution is -2.46. The molecule has 0 aliphatic carbocycles. The van der Waals surface area contributed by atoms with Crippen molar-refractivity contribution in [2.24, 2.45) is 5.73 Å². The lowest BCUT2D eigenvalue weighted by atomic mass is 10.1. The van der Waals surface area contributed by atoms with Gasteiger partial charge in [0.15, 0.2) is 0 Å². The van der Waals surface area contributed by atoms with Gasteiger partial charge in [0.05, 0.1) is 18.7 Å². The normalized spacial score (nSPS) is 14.7. The molecule has 15 heavy (non-hydrogen) atoms. The highest BCUT2D eigenvalue weighted by atomic mass is 16.5. The molecule has 0 saturated carbocycles. The maximum atomic E-state index is 11.6.